The van der Waals surface area contributed by atoms with Crippen molar-refractivity contribution in [3.63, 3.8) is 0 Å². The molecule has 2 rings (SSSR count). The van der Waals surface area contributed by atoms with Gasteiger partial charge in [-0.25, -0.2) is 8.78 Å². The molecule has 2 aromatic carbocycles. The molecule has 0 saturated heterocycles. The molecule has 288 valence electrons. The predicted molar refractivity (Wildman–Crippen MR) is 217 cm³/mol. The van der Waals surface area contributed by atoms with Crippen molar-refractivity contribution in [2.45, 2.75) is 200 Å². The minimum atomic E-state index is -2.08. The molecular weight excluding hydrogens is 639 g/mol. The number of unbranched alkanes of at least 4 members (excludes halogenated alkanes) is 11. The van der Waals surface area contributed by atoms with Crippen LogP contribution in [0.5, 0.6) is 0 Å². The van der Waals surface area contributed by atoms with Gasteiger partial charge in [-0.3, -0.25) is 0 Å². The van der Waals surface area contributed by atoms with Crippen molar-refractivity contribution in [2.24, 2.45) is 5.92 Å². The summed E-state index contributed by atoms with van der Waals surface area (Å²) in [6.45, 7) is 15.5. The van der Waals surface area contributed by atoms with E-state index in [9.17, 15) is 13.6 Å². The van der Waals surface area contributed by atoms with Crippen LogP contribution in [0, 0.1) is 17.6 Å². The number of aryl methyl sites for hydroxylation is 2. The topological polar surface area (TPSA) is 29.5 Å². The number of hydrogen-bond donors (Lipinski definition) is 1. The highest BCUT2D eigenvalue weighted by Gasteiger charge is 2.37. The number of rotatable bonds is 27. The van der Waals surface area contributed by atoms with E-state index in [-0.39, 0.29) is 17.2 Å². The quantitative estimate of drug-likeness (QED) is 0.0737. The average Bonchev–Trinajstić information content (AvgIpc) is 3.11. The van der Waals surface area contributed by atoms with Crippen LogP contribution in [-0.2, 0) is 17.6 Å². The van der Waals surface area contributed by atoms with Gasteiger partial charge in [0.05, 0.1) is 5.60 Å². The summed E-state index contributed by atoms with van der Waals surface area (Å²) in [5.74, 6) is 0.384. The Hall–Kier alpha value is -1.56. The van der Waals surface area contributed by atoms with Crippen LogP contribution in [0.1, 0.15) is 175 Å². The second-order valence-corrected chi connectivity index (χ2v) is 20.4. The maximum atomic E-state index is 13.0. The molecule has 5 heteroatoms. The zero-order valence-electron chi connectivity index (χ0n) is 33.8. The molecule has 1 atom stereocenters. The molecular formula is C45H78F2O2Si. The second-order valence-electron chi connectivity index (χ2n) is 15.7. The SMILES string of the molecule is CC(C)[Si](O)(CCCCCCc1ccc(F)cc1)C(C)C.CCCCCCCCC(CCCCCCc1ccc(F)cc1)C(CC)(CC)OC. The van der Waals surface area contributed by atoms with E-state index in [1.165, 1.54) is 113 Å². The second kappa shape index (κ2) is 27.1. The molecule has 0 aliphatic heterocycles. The molecule has 50 heavy (non-hydrogen) atoms. The number of methoxy groups -OCH3 is 1. The molecule has 0 heterocycles. The van der Waals surface area contributed by atoms with Crippen LogP contribution in [-0.4, -0.2) is 25.8 Å². The van der Waals surface area contributed by atoms with Crippen molar-refractivity contribution in [3.8, 4) is 0 Å². The lowest BCUT2D eigenvalue weighted by molar-refractivity contribution is -0.0712. The van der Waals surface area contributed by atoms with Crippen molar-refractivity contribution >= 4 is 8.32 Å². The molecule has 0 aromatic heterocycles. The maximum absolute atomic E-state index is 13.0. The van der Waals surface area contributed by atoms with Gasteiger partial charge < -0.3 is 9.53 Å². The highest BCUT2D eigenvalue weighted by atomic mass is 28.4. The molecule has 0 bridgehead atoms. The monoisotopic (exact) mass is 717 g/mol. The standard InChI is InChI=1S/C27H47FO.C18H31FOSi/c1-5-8-9-10-11-15-18-25(27(6-2,7-3)29-4)19-16-13-12-14-17-24-20-22-26(28)23-21-24;1-15(2)21(20,16(3)4)14-8-6-5-7-9-17-10-12-18(19)13-11-17/h20-23,25H,5-19H2,1-4H3;10-13,15-16,20H,5-9,14H2,1-4H3. The number of halogens is 2. The Labute approximate surface area is 309 Å². The Balaban J connectivity index is 0.000000526. The van der Waals surface area contributed by atoms with Crippen LogP contribution in [0.4, 0.5) is 8.78 Å². The van der Waals surface area contributed by atoms with Gasteiger partial charge in [-0.2, -0.15) is 0 Å². The summed E-state index contributed by atoms with van der Waals surface area (Å²) in [5, 5.41) is 0. The summed E-state index contributed by atoms with van der Waals surface area (Å²) in [4.78, 5) is 10.8. The largest absolute Gasteiger partial charge is 0.431 e. The minimum absolute atomic E-state index is 0.0670. The zero-order chi connectivity index (χ0) is 37.3. The lowest BCUT2D eigenvalue weighted by atomic mass is 9.76. The minimum Gasteiger partial charge on any atom is -0.431 e. The molecule has 1 unspecified atom stereocenters. The van der Waals surface area contributed by atoms with Crippen molar-refractivity contribution < 1.29 is 18.3 Å². The summed E-state index contributed by atoms with van der Waals surface area (Å²) >= 11 is 0. The Morgan fingerprint density at radius 1 is 0.580 bits per heavy atom. The summed E-state index contributed by atoms with van der Waals surface area (Å²) in [7, 11) is -0.156. The van der Waals surface area contributed by atoms with Crippen LogP contribution < -0.4 is 0 Å². The third kappa shape index (κ3) is 18.3. The Kier molecular flexibility index (Phi) is 25.2. The molecule has 0 fully saturated rings. The fourth-order valence-electron chi connectivity index (χ4n) is 7.83. The zero-order valence-corrected chi connectivity index (χ0v) is 34.8. The van der Waals surface area contributed by atoms with Crippen LogP contribution in [0.2, 0.25) is 17.1 Å². The van der Waals surface area contributed by atoms with E-state index in [1.807, 2.05) is 31.4 Å². The Morgan fingerprint density at radius 3 is 1.34 bits per heavy atom. The van der Waals surface area contributed by atoms with E-state index < -0.39 is 8.32 Å². The summed E-state index contributed by atoms with van der Waals surface area (Å²) < 4.78 is 31.9. The van der Waals surface area contributed by atoms with E-state index in [0.717, 1.165) is 44.6 Å². The smallest absolute Gasteiger partial charge is 0.193 e. The molecule has 2 nitrogen and oxygen atoms in total. The third-order valence-electron chi connectivity index (χ3n) is 11.6. The number of benzene rings is 2. The fourth-order valence-corrected chi connectivity index (χ4v) is 11.1. The molecule has 0 amide bonds. The molecule has 1 N–H and O–H groups in total. The number of hydrogen-bond acceptors (Lipinski definition) is 2. The van der Waals surface area contributed by atoms with Crippen molar-refractivity contribution in [3.05, 3.63) is 71.3 Å². The maximum Gasteiger partial charge on any atom is 0.193 e. The normalized spacial score (nSPS) is 12.7. The van der Waals surface area contributed by atoms with Crippen molar-refractivity contribution in [2.75, 3.05) is 7.11 Å². The predicted octanol–water partition coefficient (Wildman–Crippen LogP) is 14.6. The first-order valence-corrected chi connectivity index (χ1v) is 23.0. The molecule has 0 spiro atoms. The van der Waals surface area contributed by atoms with E-state index in [4.69, 9.17) is 4.74 Å². The fraction of sp³-hybridized carbons (Fsp3) is 0.733. The van der Waals surface area contributed by atoms with Gasteiger partial charge >= 0.3 is 0 Å². The van der Waals surface area contributed by atoms with Gasteiger partial charge in [-0.15, -0.1) is 0 Å². The number of ether oxygens (including phenoxy) is 1. The van der Waals surface area contributed by atoms with Gasteiger partial charge in [0.1, 0.15) is 11.6 Å². The van der Waals surface area contributed by atoms with E-state index in [0.29, 0.717) is 17.0 Å². The molecule has 0 aliphatic carbocycles. The van der Waals surface area contributed by atoms with Gasteiger partial charge in [0.2, 0.25) is 0 Å². The summed E-state index contributed by atoms with van der Waals surface area (Å²) in [6.07, 6.45) is 24.9. The van der Waals surface area contributed by atoms with Crippen LogP contribution >= 0.6 is 0 Å². The molecule has 0 saturated carbocycles. The highest BCUT2D eigenvalue weighted by molar-refractivity contribution is 6.75. The van der Waals surface area contributed by atoms with E-state index in [1.54, 1.807) is 12.1 Å². The van der Waals surface area contributed by atoms with Crippen LogP contribution in [0.25, 0.3) is 0 Å². The van der Waals surface area contributed by atoms with E-state index in [2.05, 4.69) is 48.5 Å². The van der Waals surface area contributed by atoms with Crippen molar-refractivity contribution in [1.82, 2.24) is 0 Å². The lowest BCUT2D eigenvalue weighted by Gasteiger charge is -2.39. The first-order valence-electron chi connectivity index (χ1n) is 20.7. The van der Waals surface area contributed by atoms with Gasteiger partial charge in [0.25, 0.3) is 0 Å². The van der Waals surface area contributed by atoms with Gasteiger partial charge in [-0.1, -0.05) is 150 Å². The van der Waals surface area contributed by atoms with Crippen molar-refractivity contribution in [1.29, 1.82) is 0 Å². The first-order chi connectivity index (χ1) is 24.0. The molecule has 0 aliphatic rings. The molecule has 2 aromatic rings. The summed E-state index contributed by atoms with van der Waals surface area (Å²) in [5.41, 5.74) is 3.42. The van der Waals surface area contributed by atoms with Crippen LogP contribution in [0.3, 0.4) is 0 Å². The Bertz CT molecular complexity index is 1050. The molecule has 0 radical (unpaired) electrons. The van der Waals surface area contributed by atoms with Gasteiger partial charge in [0.15, 0.2) is 8.32 Å². The third-order valence-corrected chi connectivity index (χ3v) is 16.8. The van der Waals surface area contributed by atoms with E-state index >= 15 is 0 Å². The summed E-state index contributed by atoms with van der Waals surface area (Å²) in [6, 6.07) is 14.8. The van der Waals surface area contributed by atoms with Gasteiger partial charge in [-0.05, 0) is 110 Å². The lowest BCUT2D eigenvalue weighted by Crippen LogP contribution is -2.41. The Morgan fingerprint density at radius 2 is 0.960 bits per heavy atom. The van der Waals surface area contributed by atoms with Crippen LogP contribution in [0.15, 0.2) is 48.5 Å². The van der Waals surface area contributed by atoms with Gasteiger partial charge in [0, 0.05) is 7.11 Å². The first kappa shape index (κ1) is 46.5. The average molecular weight is 717 g/mol. The highest BCUT2D eigenvalue weighted by Crippen LogP contribution is 2.37.